The quantitative estimate of drug-likeness (QED) is 0.857. The van der Waals surface area contributed by atoms with Crippen molar-refractivity contribution >= 4 is 26.5 Å². The summed E-state index contributed by atoms with van der Waals surface area (Å²) in [6.45, 7) is 2.67. The van der Waals surface area contributed by atoms with E-state index in [1.807, 2.05) is 19.1 Å². The molecule has 1 aromatic carbocycles. The fraction of sp³-hybridized carbons (Fsp3) is 0.357. The van der Waals surface area contributed by atoms with Crippen LogP contribution < -0.4 is 10.0 Å². The van der Waals surface area contributed by atoms with E-state index < -0.39 is 10.0 Å². The minimum absolute atomic E-state index is 0.255. The Morgan fingerprint density at radius 1 is 1.29 bits per heavy atom. The van der Waals surface area contributed by atoms with Crippen molar-refractivity contribution < 1.29 is 8.42 Å². The Kier molecular flexibility index (Phi) is 3.97. The first kappa shape index (κ1) is 14.5. The first-order chi connectivity index (χ1) is 10.0. The van der Waals surface area contributed by atoms with Crippen LogP contribution >= 0.6 is 11.3 Å². The highest BCUT2D eigenvalue weighted by Crippen LogP contribution is 2.22. The highest BCUT2D eigenvalue weighted by Gasteiger charge is 2.20. The molecule has 2 aromatic rings. The van der Waals surface area contributed by atoms with E-state index in [2.05, 4.69) is 15.0 Å². The van der Waals surface area contributed by atoms with E-state index >= 15 is 0 Å². The van der Waals surface area contributed by atoms with Crippen LogP contribution in [-0.4, -0.2) is 19.4 Å². The van der Waals surface area contributed by atoms with Crippen LogP contribution in [-0.2, 0) is 16.6 Å². The van der Waals surface area contributed by atoms with Crippen LogP contribution in [0.5, 0.6) is 0 Å². The Morgan fingerprint density at radius 3 is 2.57 bits per heavy atom. The van der Waals surface area contributed by atoms with Gasteiger partial charge in [0.1, 0.15) is 0 Å². The molecule has 1 fully saturated rings. The lowest BCUT2D eigenvalue weighted by atomic mass is 10.2. The zero-order chi connectivity index (χ0) is 14.9. The third-order valence-electron chi connectivity index (χ3n) is 3.25. The number of thiazole rings is 1. The molecule has 0 saturated heterocycles. The Bertz CT molecular complexity index is 719. The van der Waals surface area contributed by atoms with Gasteiger partial charge in [-0.25, -0.2) is 13.4 Å². The summed E-state index contributed by atoms with van der Waals surface area (Å²) in [5, 5.41) is 3.80. The summed E-state index contributed by atoms with van der Waals surface area (Å²) >= 11 is 1.32. The summed E-state index contributed by atoms with van der Waals surface area (Å²) in [6.07, 6.45) is 4.13. The number of hydrogen-bond acceptors (Lipinski definition) is 5. The predicted molar refractivity (Wildman–Crippen MR) is 84.0 cm³/mol. The van der Waals surface area contributed by atoms with Gasteiger partial charge in [0.25, 0.3) is 10.0 Å². The first-order valence-electron chi connectivity index (χ1n) is 6.80. The van der Waals surface area contributed by atoms with Gasteiger partial charge in [-0.2, -0.15) is 0 Å². The van der Waals surface area contributed by atoms with Crippen molar-refractivity contribution in [1.82, 2.24) is 10.3 Å². The van der Waals surface area contributed by atoms with Crippen LogP contribution in [0.4, 0.5) is 5.13 Å². The Labute approximate surface area is 128 Å². The van der Waals surface area contributed by atoms with Crippen molar-refractivity contribution in [3.8, 4) is 0 Å². The molecule has 1 heterocycles. The van der Waals surface area contributed by atoms with E-state index in [0.29, 0.717) is 11.2 Å². The van der Waals surface area contributed by atoms with E-state index in [0.717, 1.165) is 17.0 Å². The maximum Gasteiger partial charge on any atom is 0.263 e. The molecule has 0 spiro atoms. The molecule has 1 aromatic heterocycles. The van der Waals surface area contributed by atoms with Crippen molar-refractivity contribution in [2.45, 2.75) is 37.2 Å². The molecule has 0 aliphatic heterocycles. The van der Waals surface area contributed by atoms with Gasteiger partial charge in [0.15, 0.2) is 5.13 Å². The number of hydrogen-bond donors (Lipinski definition) is 2. The van der Waals surface area contributed by atoms with Gasteiger partial charge in [-0.15, -0.1) is 11.3 Å². The summed E-state index contributed by atoms with van der Waals surface area (Å²) in [5.41, 5.74) is 1.09. The van der Waals surface area contributed by atoms with Gasteiger partial charge >= 0.3 is 0 Å². The average Bonchev–Trinajstić information content (AvgIpc) is 3.20. The van der Waals surface area contributed by atoms with E-state index in [1.165, 1.54) is 24.2 Å². The molecule has 21 heavy (non-hydrogen) atoms. The van der Waals surface area contributed by atoms with Crippen LogP contribution in [0.25, 0.3) is 0 Å². The Hall–Kier alpha value is -1.44. The second-order valence-corrected chi connectivity index (χ2v) is 8.10. The lowest BCUT2D eigenvalue weighted by Crippen LogP contribution is -2.16. The van der Waals surface area contributed by atoms with E-state index in [4.69, 9.17) is 0 Å². The van der Waals surface area contributed by atoms with Crippen molar-refractivity contribution in [3.63, 3.8) is 0 Å². The van der Waals surface area contributed by atoms with Crippen LogP contribution in [0.15, 0.2) is 35.4 Å². The molecule has 7 heteroatoms. The van der Waals surface area contributed by atoms with Gasteiger partial charge in [0.05, 0.1) is 4.90 Å². The smallest absolute Gasteiger partial charge is 0.263 e. The van der Waals surface area contributed by atoms with Crippen molar-refractivity contribution in [2.75, 3.05) is 4.72 Å². The number of nitrogens with one attached hydrogen (secondary N) is 2. The fourth-order valence-electron chi connectivity index (χ4n) is 1.91. The SMILES string of the molecule is Cc1cnc(NS(=O)(=O)c2ccc(CNC3CC3)cc2)s1. The standard InChI is InChI=1S/C14H17N3O2S2/c1-10-8-16-14(20-10)17-21(18,19)13-6-2-11(3-7-13)9-15-12-4-5-12/h2-3,6-8,12,15H,4-5,9H2,1H3,(H,16,17). The van der Waals surface area contributed by atoms with Crippen LogP contribution in [0.3, 0.4) is 0 Å². The lowest BCUT2D eigenvalue weighted by molar-refractivity contribution is 0.601. The van der Waals surface area contributed by atoms with Gasteiger partial charge in [0, 0.05) is 23.7 Å². The Balaban J connectivity index is 1.69. The van der Waals surface area contributed by atoms with E-state index in [-0.39, 0.29) is 4.90 Å². The second kappa shape index (κ2) is 5.75. The molecule has 3 rings (SSSR count). The largest absolute Gasteiger partial charge is 0.310 e. The van der Waals surface area contributed by atoms with Gasteiger partial charge in [-0.05, 0) is 37.5 Å². The molecule has 1 aliphatic rings. The van der Waals surface area contributed by atoms with Crippen molar-refractivity contribution in [3.05, 3.63) is 40.9 Å². The van der Waals surface area contributed by atoms with E-state index in [9.17, 15) is 8.42 Å². The van der Waals surface area contributed by atoms with E-state index in [1.54, 1.807) is 18.3 Å². The Morgan fingerprint density at radius 2 is 2.00 bits per heavy atom. The molecular weight excluding hydrogens is 306 g/mol. The maximum atomic E-state index is 12.2. The molecule has 0 atom stereocenters. The molecular formula is C14H17N3O2S2. The zero-order valence-electron chi connectivity index (χ0n) is 11.7. The molecule has 112 valence electrons. The summed E-state index contributed by atoms with van der Waals surface area (Å²) in [6, 6.07) is 7.59. The first-order valence-corrected chi connectivity index (χ1v) is 9.10. The number of aryl methyl sites for hydroxylation is 1. The highest BCUT2D eigenvalue weighted by molar-refractivity contribution is 7.93. The van der Waals surface area contributed by atoms with Gasteiger partial charge in [0.2, 0.25) is 0 Å². The third kappa shape index (κ3) is 3.81. The number of sulfonamides is 1. The molecule has 0 radical (unpaired) electrons. The maximum absolute atomic E-state index is 12.2. The van der Waals surface area contributed by atoms with Crippen molar-refractivity contribution in [1.29, 1.82) is 0 Å². The molecule has 2 N–H and O–H groups in total. The third-order valence-corrected chi connectivity index (χ3v) is 5.56. The van der Waals surface area contributed by atoms with Crippen LogP contribution in [0.2, 0.25) is 0 Å². The summed E-state index contributed by atoms with van der Waals surface area (Å²) in [5.74, 6) is 0. The second-order valence-electron chi connectivity index (χ2n) is 5.18. The normalized spacial score (nSPS) is 15.1. The predicted octanol–water partition coefficient (Wildman–Crippen LogP) is 2.50. The number of nitrogens with zero attached hydrogens (tertiary/aromatic N) is 1. The van der Waals surface area contributed by atoms with Gasteiger partial charge in [-0.3, -0.25) is 4.72 Å². The molecule has 0 bridgehead atoms. The molecule has 0 amide bonds. The number of rotatable bonds is 6. The minimum Gasteiger partial charge on any atom is -0.310 e. The minimum atomic E-state index is -3.56. The molecule has 5 nitrogen and oxygen atoms in total. The zero-order valence-corrected chi connectivity index (χ0v) is 13.3. The molecule has 1 aliphatic carbocycles. The number of anilines is 1. The van der Waals surface area contributed by atoms with Gasteiger partial charge < -0.3 is 5.32 Å². The summed E-state index contributed by atoms with van der Waals surface area (Å²) in [4.78, 5) is 5.24. The molecule has 0 unspecified atom stereocenters. The summed E-state index contributed by atoms with van der Waals surface area (Å²) in [7, 11) is -3.56. The highest BCUT2D eigenvalue weighted by atomic mass is 32.2. The van der Waals surface area contributed by atoms with Crippen molar-refractivity contribution in [2.24, 2.45) is 0 Å². The molecule has 1 saturated carbocycles. The van der Waals surface area contributed by atoms with Gasteiger partial charge in [-0.1, -0.05) is 12.1 Å². The average molecular weight is 323 g/mol. The number of benzene rings is 1. The monoisotopic (exact) mass is 323 g/mol. The van der Waals surface area contributed by atoms with Crippen LogP contribution in [0, 0.1) is 6.92 Å². The fourth-order valence-corrected chi connectivity index (χ4v) is 3.82. The number of aromatic nitrogens is 1. The van der Waals surface area contributed by atoms with Crippen LogP contribution in [0.1, 0.15) is 23.3 Å². The summed E-state index contributed by atoms with van der Waals surface area (Å²) < 4.78 is 27.0. The topological polar surface area (TPSA) is 71.1 Å². The lowest BCUT2D eigenvalue weighted by Gasteiger charge is -2.07.